The number of anilines is 2. The largest absolute Gasteiger partial charge is 0.382 e. The molecule has 0 aliphatic heterocycles. The van der Waals surface area contributed by atoms with Crippen LogP contribution in [0.2, 0.25) is 0 Å². The molecule has 1 unspecified atom stereocenters. The van der Waals surface area contributed by atoms with Gasteiger partial charge in [-0.3, -0.25) is 4.98 Å². The van der Waals surface area contributed by atoms with Crippen LogP contribution in [-0.4, -0.2) is 27.4 Å². The summed E-state index contributed by atoms with van der Waals surface area (Å²) in [5.41, 5.74) is 7.90. The minimum atomic E-state index is 0.551. The summed E-state index contributed by atoms with van der Waals surface area (Å²) in [6.07, 6.45) is 5.67. The third kappa shape index (κ3) is 2.94. The Kier molecular flexibility index (Phi) is 4.43. The van der Waals surface area contributed by atoms with Gasteiger partial charge in [-0.05, 0) is 23.9 Å². The Morgan fingerprint density at radius 3 is 3.06 bits per heavy atom. The molecule has 4 nitrogen and oxygen atoms in total. The molecule has 0 aliphatic rings. The fourth-order valence-electron chi connectivity index (χ4n) is 1.53. The fourth-order valence-corrected chi connectivity index (χ4v) is 2.52. The van der Waals surface area contributed by atoms with Crippen LogP contribution in [0, 0.1) is 0 Å². The van der Waals surface area contributed by atoms with E-state index in [9.17, 15) is 0 Å². The van der Waals surface area contributed by atoms with Crippen molar-refractivity contribution in [2.75, 3.05) is 23.9 Å². The summed E-state index contributed by atoms with van der Waals surface area (Å²) in [6, 6.07) is 3.90. The third-order valence-corrected chi connectivity index (χ3v) is 4.41. The number of pyridine rings is 1. The summed E-state index contributed by atoms with van der Waals surface area (Å²) in [4.78, 5) is 4.12. The Hall–Kier alpha value is -1.27. The Labute approximate surface area is 115 Å². The molecule has 2 aromatic heterocycles. The van der Waals surface area contributed by atoms with Crippen LogP contribution in [-0.2, 0) is 0 Å². The highest BCUT2D eigenvalue weighted by Crippen LogP contribution is 2.36. The number of nitrogens with two attached hydrogens (primary N) is 1. The van der Waals surface area contributed by atoms with Crippen LogP contribution >= 0.6 is 23.3 Å². The zero-order valence-corrected chi connectivity index (χ0v) is 12.0. The molecule has 0 spiro atoms. The van der Waals surface area contributed by atoms with Crippen LogP contribution in [0.5, 0.6) is 0 Å². The average molecular weight is 280 g/mol. The molecule has 0 aromatic carbocycles. The SMILES string of the molecule is CSC(C)CNc1snc(N)c1-c1cccnc1. The summed E-state index contributed by atoms with van der Waals surface area (Å²) >= 11 is 3.23. The third-order valence-electron chi connectivity index (χ3n) is 2.62. The van der Waals surface area contributed by atoms with Crippen molar-refractivity contribution in [1.82, 2.24) is 9.36 Å². The first kappa shape index (κ1) is 13.2. The smallest absolute Gasteiger partial charge is 0.147 e. The van der Waals surface area contributed by atoms with Crippen molar-refractivity contribution >= 4 is 34.1 Å². The minimum absolute atomic E-state index is 0.551. The number of nitrogen functional groups attached to an aromatic ring is 1. The van der Waals surface area contributed by atoms with Crippen molar-refractivity contribution in [3.05, 3.63) is 24.5 Å². The molecule has 0 radical (unpaired) electrons. The van der Waals surface area contributed by atoms with Gasteiger partial charge in [0.2, 0.25) is 0 Å². The molecule has 2 heterocycles. The second kappa shape index (κ2) is 6.06. The monoisotopic (exact) mass is 280 g/mol. The van der Waals surface area contributed by atoms with Crippen LogP contribution in [0.3, 0.4) is 0 Å². The van der Waals surface area contributed by atoms with Gasteiger partial charge in [0.25, 0.3) is 0 Å². The number of hydrogen-bond donors (Lipinski definition) is 2. The first-order valence-electron chi connectivity index (χ1n) is 5.64. The Morgan fingerprint density at radius 2 is 2.39 bits per heavy atom. The number of nitrogens with zero attached hydrogens (tertiary/aromatic N) is 2. The van der Waals surface area contributed by atoms with Crippen LogP contribution in [0.25, 0.3) is 11.1 Å². The highest BCUT2D eigenvalue weighted by Gasteiger charge is 2.14. The molecule has 0 amide bonds. The maximum atomic E-state index is 5.94. The predicted octanol–water partition coefficient (Wildman–Crippen LogP) is 2.95. The van der Waals surface area contributed by atoms with Gasteiger partial charge in [0.15, 0.2) is 0 Å². The van der Waals surface area contributed by atoms with Crippen molar-refractivity contribution in [2.45, 2.75) is 12.2 Å². The van der Waals surface area contributed by atoms with E-state index in [-0.39, 0.29) is 0 Å². The lowest BCUT2D eigenvalue weighted by molar-refractivity contribution is 1.01. The van der Waals surface area contributed by atoms with E-state index in [2.05, 4.69) is 27.9 Å². The predicted molar refractivity (Wildman–Crippen MR) is 81.2 cm³/mol. The van der Waals surface area contributed by atoms with Crippen LogP contribution in [0.1, 0.15) is 6.92 Å². The van der Waals surface area contributed by atoms with Crippen LogP contribution in [0.4, 0.5) is 10.8 Å². The van der Waals surface area contributed by atoms with Crippen molar-refractivity contribution in [1.29, 1.82) is 0 Å². The van der Waals surface area contributed by atoms with Gasteiger partial charge < -0.3 is 11.1 Å². The molecule has 3 N–H and O–H groups in total. The lowest BCUT2D eigenvalue weighted by Crippen LogP contribution is -2.12. The number of thioether (sulfide) groups is 1. The van der Waals surface area contributed by atoms with E-state index < -0.39 is 0 Å². The topological polar surface area (TPSA) is 63.8 Å². The first-order valence-corrected chi connectivity index (χ1v) is 7.70. The van der Waals surface area contributed by atoms with E-state index in [1.165, 1.54) is 11.5 Å². The standard InChI is InChI=1S/C12H16N4S2/c1-8(17-2)6-15-12-10(11(13)16-18-12)9-4-3-5-14-7-9/h3-5,7-8,15H,6H2,1-2H3,(H2,13,16). The molecular weight excluding hydrogens is 264 g/mol. The normalized spacial score (nSPS) is 12.3. The highest BCUT2D eigenvalue weighted by molar-refractivity contribution is 7.99. The summed E-state index contributed by atoms with van der Waals surface area (Å²) < 4.78 is 4.22. The molecular formula is C12H16N4S2. The number of hydrogen-bond acceptors (Lipinski definition) is 6. The van der Waals surface area contributed by atoms with Crippen LogP contribution < -0.4 is 11.1 Å². The Balaban J connectivity index is 2.23. The van der Waals surface area contributed by atoms with E-state index in [4.69, 9.17) is 5.73 Å². The minimum Gasteiger partial charge on any atom is -0.382 e. The molecule has 0 saturated heterocycles. The van der Waals surface area contributed by atoms with Gasteiger partial charge in [-0.15, -0.1) is 0 Å². The summed E-state index contributed by atoms with van der Waals surface area (Å²) in [6.45, 7) is 3.09. The molecule has 0 fully saturated rings. The maximum absolute atomic E-state index is 5.94. The lowest BCUT2D eigenvalue weighted by atomic mass is 10.1. The molecule has 0 saturated carbocycles. The molecule has 6 heteroatoms. The van der Waals surface area contributed by atoms with Crippen molar-refractivity contribution in [2.24, 2.45) is 0 Å². The van der Waals surface area contributed by atoms with E-state index in [0.29, 0.717) is 11.1 Å². The molecule has 2 aromatic rings. The zero-order valence-electron chi connectivity index (χ0n) is 10.4. The fraction of sp³-hybridized carbons (Fsp3) is 0.333. The van der Waals surface area contributed by atoms with Gasteiger partial charge in [-0.2, -0.15) is 16.1 Å². The summed E-state index contributed by atoms with van der Waals surface area (Å²) in [5, 5.41) is 4.98. The van der Waals surface area contributed by atoms with Gasteiger partial charge >= 0.3 is 0 Å². The van der Waals surface area contributed by atoms with Crippen molar-refractivity contribution in [3.63, 3.8) is 0 Å². The number of aromatic nitrogens is 2. The van der Waals surface area contributed by atoms with Crippen molar-refractivity contribution in [3.8, 4) is 11.1 Å². The molecule has 96 valence electrons. The van der Waals surface area contributed by atoms with Crippen molar-refractivity contribution < 1.29 is 0 Å². The van der Waals surface area contributed by atoms with Crippen LogP contribution in [0.15, 0.2) is 24.5 Å². The summed E-state index contributed by atoms with van der Waals surface area (Å²) in [7, 11) is 0. The molecule has 1 atom stereocenters. The van der Waals surface area contributed by atoms with Gasteiger partial charge in [0.05, 0.1) is 5.56 Å². The maximum Gasteiger partial charge on any atom is 0.147 e. The van der Waals surface area contributed by atoms with Gasteiger partial charge in [-0.25, -0.2) is 0 Å². The van der Waals surface area contributed by atoms with E-state index in [1.807, 2.05) is 30.1 Å². The average Bonchev–Trinajstić information content (AvgIpc) is 2.78. The molecule has 2 rings (SSSR count). The molecule has 0 aliphatic carbocycles. The van der Waals surface area contributed by atoms with Gasteiger partial charge in [0, 0.05) is 29.8 Å². The van der Waals surface area contributed by atoms with Gasteiger partial charge in [0.1, 0.15) is 10.8 Å². The van der Waals surface area contributed by atoms with E-state index in [0.717, 1.165) is 22.7 Å². The van der Waals surface area contributed by atoms with Gasteiger partial charge in [-0.1, -0.05) is 13.0 Å². The summed E-state index contributed by atoms with van der Waals surface area (Å²) in [5.74, 6) is 0.562. The molecule has 0 bridgehead atoms. The highest BCUT2D eigenvalue weighted by atomic mass is 32.2. The molecule has 18 heavy (non-hydrogen) atoms. The second-order valence-electron chi connectivity index (χ2n) is 3.94. The Morgan fingerprint density at radius 1 is 1.56 bits per heavy atom. The van der Waals surface area contributed by atoms with E-state index in [1.54, 1.807) is 6.20 Å². The second-order valence-corrected chi connectivity index (χ2v) is 5.99. The van der Waals surface area contributed by atoms with E-state index >= 15 is 0 Å². The first-order chi connectivity index (χ1) is 8.72. The number of nitrogens with one attached hydrogen (secondary N) is 1. The number of rotatable bonds is 5. The Bertz CT molecular complexity index is 498. The quantitative estimate of drug-likeness (QED) is 0.881. The lowest BCUT2D eigenvalue weighted by Gasteiger charge is -2.11. The zero-order chi connectivity index (χ0) is 13.0.